The van der Waals surface area contributed by atoms with Crippen molar-refractivity contribution in [1.29, 1.82) is 0 Å². The lowest BCUT2D eigenvalue weighted by Crippen LogP contribution is -2.56. The van der Waals surface area contributed by atoms with Gasteiger partial charge < -0.3 is 19.7 Å². The number of rotatable bonds is 5. The molecule has 0 bridgehead atoms. The molecule has 0 saturated carbocycles. The number of aliphatic hydroxyl groups is 2. The molecule has 2 amide bonds. The van der Waals surface area contributed by atoms with Crippen molar-refractivity contribution in [2.75, 3.05) is 20.3 Å². The van der Waals surface area contributed by atoms with E-state index in [-0.39, 0.29) is 13.2 Å². The van der Waals surface area contributed by atoms with Crippen molar-refractivity contribution in [1.82, 2.24) is 9.80 Å². The van der Waals surface area contributed by atoms with E-state index >= 15 is 0 Å². The molecule has 20 heavy (non-hydrogen) atoms. The molecule has 1 heterocycles. The highest BCUT2D eigenvalue weighted by molar-refractivity contribution is 5.87. The van der Waals surface area contributed by atoms with Gasteiger partial charge >= 0.3 is 18.0 Å². The van der Waals surface area contributed by atoms with E-state index in [0.717, 1.165) is 18.2 Å². The molecule has 1 aliphatic rings. The maximum atomic E-state index is 12.0. The Labute approximate surface area is 115 Å². The third kappa shape index (κ3) is 3.25. The van der Waals surface area contributed by atoms with Gasteiger partial charge in [-0.15, -0.1) is 0 Å². The quantitative estimate of drug-likeness (QED) is 0.598. The molecule has 0 radical (unpaired) electrons. The van der Waals surface area contributed by atoms with Gasteiger partial charge in [0.15, 0.2) is 0 Å². The third-order valence-corrected chi connectivity index (χ3v) is 2.50. The second-order valence-corrected chi connectivity index (χ2v) is 3.75. The van der Waals surface area contributed by atoms with Crippen molar-refractivity contribution in [3.63, 3.8) is 0 Å². The first-order chi connectivity index (χ1) is 9.43. The number of nitrogens with zero attached hydrogens (tertiary/aromatic N) is 2. The SMILES string of the molecule is CCOC(=O)C(O)N1CC=CN(C(O)C(=O)OC)C1=O. The molecule has 0 aromatic rings. The van der Waals surface area contributed by atoms with Gasteiger partial charge in [-0.3, -0.25) is 9.80 Å². The van der Waals surface area contributed by atoms with Crippen LogP contribution < -0.4 is 0 Å². The van der Waals surface area contributed by atoms with Gasteiger partial charge in [-0.1, -0.05) is 0 Å². The fraction of sp³-hybridized carbons (Fsp3) is 0.545. The summed E-state index contributed by atoms with van der Waals surface area (Å²) in [4.78, 5) is 36.0. The number of hydrogen-bond acceptors (Lipinski definition) is 7. The van der Waals surface area contributed by atoms with Crippen LogP contribution in [0.4, 0.5) is 4.79 Å². The predicted molar refractivity (Wildman–Crippen MR) is 63.7 cm³/mol. The smallest absolute Gasteiger partial charge is 0.356 e. The second-order valence-electron chi connectivity index (χ2n) is 3.75. The summed E-state index contributed by atoms with van der Waals surface area (Å²) in [7, 11) is 1.05. The Kier molecular flexibility index (Phi) is 5.47. The molecule has 9 heteroatoms. The van der Waals surface area contributed by atoms with E-state index in [1.807, 2.05) is 0 Å². The number of urea groups is 1. The molecule has 112 valence electrons. The fourth-order valence-corrected chi connectivity index (χ4v) is 1.52. The van der Waals surface area contributed by atoms with Gasteiger partial charge in [0.2, 0.25) is 12.5 Å². The number of methoxy groups -OCH3 is 1. The summed E-state index contributed by atoms with van der Waals surface area (Å²) in [5.74, 6) is -2.04. The van der Waals surface area contributed by atoms with Crippen molar-refractivity contribution in [3.8, 4) is 0 Å². The van der Waals surface area contributed by atoms with Gasteiger partial charge in [0.05, 0.1) is 13.7 Å². The number of aliphatic hydroxyl groups excluding tert-OH is 2. The molecule has 2 N–H and O–H groups in total. The molecule has 2 unspecified atom stereocenters. The first-order valence-corrected chi connectivity index (χ1v) is 5.80. The van der Waals surface area contributed by atoms with Crippen LogP contribution in [0, 0.1) is 0 Å². The standard InChI is InChI=1S/C11H16N2O7/c1-3-20-10(17)8(15)13-6-4-5-12(11(13)18)7(14)9(16)19-2/h4-5,7-8,14-15H,3,6H2,1-2H3. The van der Waals surface area contributed by atoms with Crippen LogP contribution in [-0.4, -0.2) is 70.7 Å². The summed E-state index contributed by atoms with van der Waals surface area (Å²) in [5.41, 5.74) is 0. The highest BCUT2D eigenvalue weighted by Crippen LogP contribution is 2.13. The van der Waals surface area contributed by atoms with Crippen LogP contribution in [0.25, 0.3) is 0 Å². The summed E-state index contributed by atoms with van der Waals surface area (Å²) in [6, 6.07) is -0.925. The van der Waals surface area contributed by atoms with Crippen LogP contribution in [0.15, 0.2) is 12.3 Å². The first-order valence-electron chi connectivity index (χ1n) is 5.80. The fourth-order valence-electron chi connectivity index (χ4n) is 1.52. The van der Waals surface area contributed by atoms with Crippen LogP contribution in [0.5, 0.6) is 0 Å². The van der Waals surface area contributed by atoms with Crippen molar-refractivity contribution in [3.05, 3.63) is 12.3 Å². The predicted octanol–water partition coefficient (Wildman–Crippen LogP) is -1.39. The number of carbonyl (C=O) groups excluding carboxylic acids is 3. The number of amides is 2. The molecular weight excluding hydrogens is 272 g/mol. The Morgan fingerprint density at radius 3 is 2.55 bits per heavy atom. The van der Waals surface area contributed by atoms with Crippen molar-refractivity contribution in [2.24, 2.45) is 0 Å². The van der Waals surface area contributed by atoms with Gasteiger partial charge in [0, 0.05) is 12.7 Å². The zero-order chi connectivity index (χ0) is 15.3. The summed E-state index contributed by atoms with van der Waals surface area (Å²) in [6.07, 6.45) is -1.13. The van der Waals surface area contributed by atoms with Crippen LogP contribution in [0.3, 0.4) is 0 Å². The van der Waals surface area contributed by atoms with Crippen molar-refractivity contribution < 1.29 is 34.1 Å². The molecule has 0 fully saturated rings. The summed E-state index contributed by atoms with van der Waals surface area (Å²) in [5, 5.41) is 19.3. The Bertz CT molecular complexity index is 423. The van der Waals surface area contributed by atoms with E-state index in [1.165, 1.54) is 6.08 Å². The topological polar surface area (TPSA) is 117 Å². The zero-order valence-electron chi connectivity index (χ0n) is 11.1. The normalized spacial score (nSPS) is 17.7. The van der Waals surface area contributed by atoms with E-state index in [0.29, 0.717) is 4.90 Å². The molecule has 9 nitrogen and oxygen atoms in total. The Morgan fingerprint density at radius 2 is 2.00 bits per heavy atom. The van der Waals surface area contributed by atoms with Crippen LogP contribution in [-0.2, 0) is 19.1 Å². The molecule has 0 saturated heterocycles. The maximum Gasteiger partial charge on any atom is 0.356 e. The summed E-state index contributed by atoms with van der Waals surface area (Å²) < 4.78 is 8.90. The Balaban J connectivity index is 2.83. The van der Waals surface area contributed by atoms with Crippen molar-refractivity contribution in [2.45, 2.75) is 19.4 Å². The number of carbonyl (C=O) groups is 3. The highest BCUT2D eigenvalue weighted by Gasteiger charge is 2.37. The van der Waals surface area contributed by atoms with E-state index in [2.05, 4.69) is 9.47 Å². The zero-order valence-corrected chi connectivity index (χ0v) is 11.1. The number of ether oxygens (including phenoxy) is 2. The number of esters is 2. The maximum absolute atomic E-state index is 12.0. The van der Waals surface area contributed by atoms with Crippen LogP contribution >= 0.6 is 0 Å². The van der Waals surface area contributed by atoms with Gasteiger partial charge in [-0.05, 0) is 13.0 Å². The summed E-state index contributed by atoms with van der Waals surface area (Å²) in [6.45, 7) is 1.53. The lowest BCUT2D eigenvalue weighted by atomic mass is 10.3. The van der Waals surface area contributed by atoms with Crippen LogP contribution in [0.2, 0.25) is 0 Å². The number of hydrogen-bond donors (Lipinski definition) is 2. The molecule has 0 aromatic heterocycles. The van der Waals surface area contributed by atoms with Gasteiger partial charge in [0.1, 0.15) is 0 Å². The lowest BCUT2D eigenvalue weighted by Gasteiger charge is -2.34. The van der Waals surface area contributed by atoms with E-state index in [1.54, 1.807) is 6.92 Å². The minimum absolute atomic E-state index is 0.0439. The minimum Gasteiger partial charge on any atom is -0.466 e. The second kappa shape index (κ2) is 6.87. The molecule has 1 rings (SSSR count). The Hall–Kier alpha value is -2.13. The molecule has 2 atom stereocenters. The lowest BCUT2D eigenvalue weighted by molar-refractivity contribution is -0.163. The van der Waals surface area contributed by atoms with Crippen LogP contribution in [0.1, 0.15) is 6.92 Å². The molecule has 0 spiro atoms. The van der Waals surface area contributed by atoms with E-state index in [4.69, 9.17) is 0 Å². The molecule has 0 aliphatic carbocycles. The third-order valence-electron chi connectivity index (χ3n) is 2.50. The van der Waals surface area contributed by atoms with Gasteiger partial charge in [0.25, 0.3) is 0 Å². The Morgan fingerprint density at radius 1 is 1.35 bits per heavy atom. The monoisotopic (exact) mass is 288 g/mol. The van der Waals surface area contributed by atoms with Crippen molar-refractivity contribution >= 4 is 18.0 Å². The largest absolute Gasteiger partial charge is 0.466 e. The molecule has 0 aromatic carbocycles. The van der Waals surface area contributed by atoms with E-state index in [9.17, 15) is 24.6 Å². The molecule has 1 aliphatic heterocycles. The molecular formula is C11H16N2O7. The van der Waals surface area contributed by atoms with Gasteiger partial charge in [-0.25, -0.2) is 14.4 Å². The summed E-state index contributed by atoms with van der Waals surface area (Å²) >= 11 is 0. The average molecular weight is 288 g/mol. The first kappa shape index (κ1) is 15.9. The highest BCUT2D eigenvalue weighted by atomic mass is 16.6. The average Bonchev–Trinajstić information content (AvgIpc) is 2.45. The van der Waals surface area contributed by atoms with Gasteiger partial charge in [-0.2, -0.15) is 0 Å². The minimum atomic E-state index is -1.86. The van der Waals surface area contributed by atoms with E-state index < -0.39 is 30.4 Å².